The molecule has 2 rings (SSSR count). The summed E-state index contributed by atoms with van der Waals surface area (Å²) in [6.07, 6.45) is 5.63. The lowest BCUT2D eigenvalue weighted by atomic mass is 10.0. The van der Waals surface area contributed by atoms with Crippen LogP contribution in [0.1, 0.15) is 30.5 Å². The molecule has 106 valence electrons. The van der Waals surface area contributed by atoms with Crippen LogP contribution in [-0.4, -0.2) is 11.5 Å². The van der Waals surface area contributed by atoms with Gasteiger partial charge in [0.25, 0.3) is 0 Å². The first kappa shape index (κ1) is 15.3. The molecule has 1 unspecified atom stereocenters. The Bertz CT molecular complexity index is 543. The predicted octanol–water partition coefficient (Wildman–Crippen LogP) is 4.67. The van der Waals surface area contributed by atoms with Gasteiger partial charge in [-0.2, -0.15) is 0 Å². The van der Waals surface area contributed by atoms with Crippen LogP contribution in [0.3, 0.4) is 0 Å². The molecule has 0 fully saturated rings. The number of nitrogens with zero attached hydrogens (tertiary/aromatic N) is 1. The highest BCUT2D eigenvalue weighted by molar-refractivity contribution is 6.35. The summed E-state index contributed by atoms with van der Waals surface area (Å²) in [6.45, 7) is 3.04. The molecule has 1 heterocycles. The first-order chi connectivity index (χ1) is 9.70. The molecule has 20 heavy (non-hydrogen) atoms. The second-order valence-electron chi connectivity index (χ2n) is 4.69. The van der Waals surface area contributed by atoms with Crippen LogP contribution in [0.5, 0.6) is 0 Å². The summed E-state index contributed by atoms with van der Waals surface area (Å²) in [5.74, 6) is 0. The van der Waals surface area contributed by atoms with E-state index in [9.17, 15) is 0 Å². The Labute approximate surface area is 130 Å². The molecule has 0 amide bonds. The lowest BCUT2D eigenvalue weighted by Crippen LogP contribution is -2.23. The van der Waals surface area contributed by atoms with Gasteiger partial charge in [-0.25, -0.2) is 0 Å². The Morgan fingerprint density at radius 2 is 2.10 bits per heavy atom. The molecule has 0 saturated carbocycles. The van der Waals surface area contributed by atoms with Gasteiger partial charge in [0.1, 0.15) is 0 Å². The number of nitrogens with one attached hydrogen (secondary N) is 1. The smallest absolute Gasteiger partial charge is 0.0468 e. The third-order valence-electron chi connectivity index (χ3n) is 3.27. The van der Waals surface area contributed by atoms with E-state index >= 15 is 0 Å². The van der Waals surface area contributed by atoms with Gasteiger partial charge in [0.2, 0.25) is 0 Å². The Morgan fingerprint density at radius 1 is 1.25 bits per heavy atom. The molecule has 1 aromatic heterocycles. The number of hydrogen-bond acceptors (Lipinski definition) is 2. The first-order valence-corrected chi connectivity index (χ1v) is 7.53. The average Bonchev–Trinajstić information content (AvgIpc) is 2.46. The van der Waals surface area contributed by atoms with E-state index in [2.05, 4.69) is 23.3 Å². The van der Waals surface area contributed by atoms with Gasteiger partial charge in [0, 0.05) is 28.5 Å². The van der Waals surface area contributed by atoms with E-state index in [4.69, 9.17) is 23.2 Å². The Kier molecular flexibility index (Phi) is 5.84. The maximum Gasteiger partial charge on any atom is 0.0468 e. The molecule has 2 nitrogen and oxygen atoms in total. The van der Waals surface area contributed by atoms with E-state index < -0.39 is 0 Å². The lowest BCUT2D eigenvalue weighted by molar-refractivity contribution is 0.522. The normalized spacial score (nSPS) is 12.3. The van der Waals surface area contributed by atoms with Crippen molar-refractivity contribution in [1.29, 1.82) is 0 Å². The monoisotopic (exact) mass is 308 g/mol. The molecule has 2 aromatic rings. The minimum Gasteiger partial charge on any atom is -0.310 e. The summed E-state index contributed by atoms with van der Waals surface area (Å²) < 4.78 is 0. The lowest BCUT2D eigenvalue weighted by Gasteiger charge is -2.19. The highest BCUT2D eigenvalue weighted by atomic mass is 35.5. The standard InChI is InChI=1S/C16H18Cl2N2/c1-2-16(14-6-5-13(17)10-15(14)18)20-9-7-12-4-3-8-19-11-12/h3-6,8,10-11,16,20H,2,7,9H2,1H3. The number of hydrogen-bond donors (Lipinski definition) is 1. The largest absolute Gasteiger partial charge is 0.310 e. The van der Waals surface area contributed by atoms with Crippen LogP contribution < -0.4 is 5.32 Å². The maximum atomic E-state index is 6.26. The number of pyridine rings is 1. The van der Waals surface area contributed by atoms with Gasteiger partial charge in [-0.3, -0.25) is 4.98 Å². The van der Waals surface area contributed by atoms with Gasteiger partial charge in [-0.15, -0.1) is 0 Å². The summed E-state index contributed by atoms with van der Waals surface area (Å²) in [5.41, 5.74) is 2.34. The zero-order valence-electron chi connectivity index (χ0n) is 11.4. The van der Waals surface area contributed by atoms with Crippen molar-refractivity contribution in [3.8, 4) is 0 Å². The van der Waals surface area contributed by atoms with Gasteiger partial charge in [0.15, 0.2) is 0 Å². The summed E-state index contributed by atoms with van der Waals surface area (Å²) >= 11 is 12.2. The van der Waals surface area contributed by atoms with Gasteiger partial charge >= 0.3 is 0 Å². The first-order valence-electron chi connectivity index (χ1n) is 6.78. The molecule has 0 radical (unpaired) electrons. The second-order valence-corrected chi connectivity index (χ2v) is 5.54. The predicted molar refractivity (Wildman–Crippen MR) is 85.4 cm³/mol. The molecule has 1 N–H and O–H groups in total. The molecule has 0 bridgehead atoms. The summed E-state index contributed by atoms with van der Waals surface area (Å²) in [5, 5.41) is 4.93. The Morgan fingerprint density at radius 3 is 2.75 bits per heavy atom. The van der Waals surface area contributed by atoms with E-state index in [1.54, 1.807) is 12.3 Å². The number of aromatic nitrogens is 1. The molecular formula is C16H18Cl2N2. The Hall–Kier alpha value is -1.09. The van der Waals surface area contributed by atoms with Crippen LogP contribution >= 0.6 is 23.2 Å². The van der Waals surface area contributed by atoms with E-state index in [1.165, 1.54) is 5.56 Å². The van der Waals surface area contributed by atoms with Crippen LogP contribution in [0.4, 0.5) is 0 Å². The fourth-order valence-corrected chi connectivity index (χ4v) is 2.74. The number of halogens is 2. The van der Waals surface area contributed by atoms with Crippen molar-refractivity contribution < 1.29 is 0 Å². The second kappa shape index (κ2) is 7.63. The molecule has 0 spiro atoms. The fraction of sp³-hybridized carbons (Fsp3) is 0.312. The highest BCUT2D eigenvalue weighted by Crippen LogP contribution is 2.27. The van der Waals surface area contributed by atoms with E-state index in [0.717, 1.165) is 30.0 Å². The van der Waals surface area contributed by atoms with Crippen molar-refractivity contribution in [2.24, 2.45) is 0 Å². The molecular weight excluding hydrogens is 291 g/mol. The average molecular weight is 309 g/mol. The third kappa shape index (κ3) is 4.20. The molecule has 1 aromatic carbocycles. The van der Waals surface area contributed by atoms with Gasteiger partial charge in [-0.05, 0) is 48.7 Å². The molecule has 1 atom stereocenters. The van der Waals surface area contributed by atoms with Crippen LogP contribution in [0.2, 0.25) is 10.0 Å². The van der Waals surface area contributed by atoms with Crippen LogP contribution in [-0.2, 0) is 6.42 Å². The van der Waals surface area contributed by atoms with E-state index in [-0.39, 0.29) is 6.04 Å². The maximum absolute atomic E-state index is 6.26. The van der Waals surface area contributed by atoms with Crippen molar-refractivity contribution in [2.45, 2.75) is 25.8 Å². The SMILES string of the molecule is CCC(NCCc1cccnc1)c1ccc(Cl)cc1Cl. The zero-order valence-corrected chi connectivity index (χ0v) is 13.0. The number of rotatable bonds is 6. The molecule has 0 aliphatic rings. The van der Waals surface area contributed by atoms with E-state index in [0.29, 0.717) is 5.02 Å². The zero-order chi connectivity index (χ0) is 14.4. The third-order valence-corrected chi connectivity index (χ3v) is 3.84. The van der Waals surface area contributed by atoms with Crippen molar-refractivity contribution in [1.82, 2.24) is 10.3 Å². The van der Waals surface area contributed by atoms with Crippen LogP contribution in [0.25, 0.3) is 0 Å². The fourth-order valence-electron chi connectivity index (χ4n) is 2.20. The summed E-state index contributed by atoms with van der Waals surface area (Å²) in [4.78, 5) is 4.12. The van der Waals surface area contributed by atoms with Crippen molar-refractivity contribution in [2.75, 3.05) is 6.54 Å². The summed E-state index contributed by atoms with van der Waals surface area (Å²) in [7, 11) is 0. The van der Waals surface area contributed by atoms with Gasteiger partial charge in [-0.1, -0.05) is 42.3 Å². The minimum absolute atomic E-state index is 0.247. The molecule has 0 aliphatic heterocycles. The number of benzene rings is 1. The minimum atomic E-state index is 0.247. The van der Waals surface area contributed by atoms with Gasteiger partial charge in [0.05, 0.1) is 0 Å². The summed E-state index contributed by atoms with van der Waals surface area (Å²) in [6, 6.07) is 9.97. The Balaban J connectivity index is 1.95. The topological polar surface area (TPSA) is 24.9 Å². The van der Waals surface area contributed by atoms with Crippen molar-refractivity contribution in [3.63, 3.8) is 0 Å². The van der Waals surface area contributed by atoms with Crippen molar-refractivity contribution >= 4 is 23.2 Å². The highest BCUT2D eigenvalue weighted by Gasteiger charge is 2.12. The van der Waals surface area contributed by atoms with Crippen LogP contribution in [0, 0.1) is 0 Å². The van der Waals surface area contributed by atoms with Crippen LogP contribution in [0.15, 0.2) is 42.7 Å². The quantitative estimate of drug-likeness (QED) is 0.838. The molecule has 4 heteroatoms. The van der Waals surface area contributed by atoms with Gasteiger partial charge < -0.3 is 5.32 Å². The molecule has 0 aliphatic carbocycles. The van der Waals surface area contributed by atoms with Crippen molar-refractivity contribution in [3.05, 3.63) is 63.9 Å². The molecule has 0 saturated heterocycles. The van der Waals surface area contributed by atoms with E-state index in [1.807, 2.05) is 24.4 Å².